The first-order valence-corrected chi connectivity index (χ1v) is 9.64. The van der Waals surface area contributed by atoms with E-state index in [1.807, 2.05) is 30.3 Å². The Kier molecular flexibility index (Phi) is 5.65. The number of hydrogen-bond donors (Lipinski definition) is 2. The summed E-state index contributed by atoms with van der Waals surface area (Å²) in [5.74, 6) is -0.178. The third-order valence-corrected chi connectivity index (χ3v) is 5.02. The number of nitrogens with zero attached hydrogens (tertiary/aromatic N) is 3. The van der Waals surface area contributed by atoms with Crippen LogP contribution in [0.15, 0.2) is 64.4 Å². The maximum atomic E-state index is 12.8. The molecule has 0 spiro atoms. The van der Waals surface area contributed by atoms with Crippen LogP contribution < -0.4 is 5.43 Å². The van der Waals surface area contributed by atoms with E-state index in [9.17, 15) is 4.79 Å². The molecule has 2 heterocycles. The van der Waals surface area contributed by atoms with E-state index in [-0.39, 0.29) is 11.3 Å². The maximum Gasteiger partial charge on any atom is 0.277 e. The van der Waals surface area contributed by atoms with Gasteiger partial charge in [0.1, 0.15) is 17.0 Å². The minimum Gasteiger partial charge on any atom is -0.360 e. The maximum absolute atomic E-state index is 12.8. The van der Waals surface area contributed by atoms with Crippen LogP contribution in [0.1, 0.15) is 21.7 Å². The first-order valence-electron chi connectivity index (χ1n) is 8.89. The lowest BCUT2D eigenvalue weighted by molar-refractivity contribution is 0.0954. The molecule has 0 saturated heterocycles. The number of amides is 1. The molecule has 2 aromatic carbocycles. The van der Waals surface area contributed by atoms with Gasteiger partial charge in [-0.1, -0.05) is 64.8 Å². The average Bonchev–Trinajstić information content (AvgIpc) is 3.35. The van der Waals surface area contributed by atoms with Gasteiger partial charge in [0.2, 0.25) is 0 Å². The molecule has 0 saturated carbocycles. The van der Waals surface area contributed by atoms with Crippen LogP contribution in [0.3, 0.4) is 0 Å². The second kappa shape index (κ2) is 8.52. The molecular formula is C21H15Cl2N5O2. The highest BCUT2D eigenvalue weighted by Gasteiger charge is 2.24. The lowest BCUT2D eigenvalue weighted by Gasteiger charge is -2.05. The summed E-state index contributed by atoms with van der Waals surface area (Å²) < 4.78 is 5.22. The van der Waals surface area contributed by atoms with Crippen LogP contribution >= 0.6 is 23.2 Å². The van der Waals surface area contributed by atoms with Crippen LogP contribution in [-0.4, -0.2) is 27.5 Å². The molecule has 0 bridgehead atoms. The van der Waals surface area contributed by atoms with E-state index in [2.05, 4.69) is 25.9 Å². The monoisotopic (exact) mass is 439 g/mol. The molecule has 0 aliphatic carbocycles. The van der Waals surface area contributed by atoms with Crippen LogP contribution in [0.5, 0.6) is 0 Å². The highest BCUT2D eigenvalue weighted by molar-refractivity contribution is 6.39. The zero-order valence-electron chi connectivity index (χ0n) is 15.7. The van der Waals surface area contributed by atoms with Crippen LogP contribution in [0.4, 0.5) is 0 Å². The largest absolute Gasteiger partial charge is 0.360 e. The summed E-state index contributed by atoms with van der Waals surface area (Å²) in [6, 6.07) is 14.7. The van der Waals surface area contributed by atoms with Gasteiger partial charge in [0, 0.05) is 16.7 Å². The van der Waals surface area contributed by atoms with Crippen molar-refractivity contribution in [3.8, 4) is 22.5 Å². The van der Waals surface area contributed by atoms with Crippen molar-refractivity contribution in [1.82, 2.24) is 20.8 Å². The van der Waals surface area contributed by atoms with E-state index >= 15 is 0 Å². The van der Waals surface area contributed by atoms with Crippen LogP contribution in [0, 0.1) is 6.92 Å². The van der Waals surface area contributed by atoms with Crippen LogP contribution in [0.2, 0.25) is 10.0 Å². The molecule has 1 amide bonds. The predicted octanol–water partition coefficient (Wildman–Crippen LogP) is 5.11. The van der Waals surface area contributed by atoms with Gasteiger partial charge in [-0.15, -0.1) is 0 Å². The fourth-order valence-electron chi connectivity index (χ4n) is 2.98. The Morgan fingerprint density at radius 1 is 1.13 bits per heavy atom. The molecular weight excluding hydrogens is 425 g/mol. The van der Waals surface area contributed by atoms with Crippen molar-refractivity contribution in [1.29, 1.82) is 0 Å². The molecule has 30 heavy (non-hydrogen) atoms. The topological polar surface area (TPSA) is 96.2 Å². The summed E-state index contributed by atoms with van der Waals surface area (Å²) in [6.45, 7) is 1.63. The number of benzene rings is 2. The van der Waals surface area contributed by atoms with Crippen molar-refractivity contribution < 1.29 is 9.32 Å². The molecule has 0 radical (unpaired) electrons. The van der Waals surface area contributed by atoms with Crippen LogP contribution in [-0.2, 0) is 0 Å². The molecule has 4 aromatic rings. The van der Waals surface area contributed by atoms with Crippen molar-refractivity contribution in [2.24, 2.45) is 5.10 Å². The number of carbonyl (C=O) groups is 1. The van der Waals surface area contributed by atoms with E-state index in [4.69, 9.17) is 27.7 Å². The van der Waals surface area contributed by atoms with E-state index in [0.29, 0.717) is 21.4 Å². The lowest BCUT2D eigenvalue weighted by atomic mass is 10.1. The van der Waals surface area contributed by atoms with Gasteiger partial charge in [-0.2, -0.15) is 10.2 Å². The standard InChI is InChI=1S/C21H15Cl2N5O2/c1-12-17(20(28-30-12)18-15(22)8-5-9-16(18)23)21(29)27-25-11-14-10-24-26-19(14)13-6-3-2-4-7-13/h2-11H,1H3,(H,24,26)(H,27,29). The summed E-state index contributed by atoms with van der Waals surface area (Å²) in [4.78, 5) is 12.8. The zero-order chi connectivity index (χ0) is 21.1. The molecule has 4 rings (SSSR count). The number of aryl methyl sites for hydroxylation is 1. The third kappa shape index (κ3) is 3.85. The number of H-pyrrole nitrogens is 1. The third-order valence-electron chi connectivity index (χ3n) is 4.39. The molecule has 2 N–H and O–H groups in total. The average molecular weight is 440 g/mol. The van der Waals surface area contributed by atoms with Crippen molar-refractivity contribution >= 4 is 35.3 Å². The van der Waals surface area contributed by atoms with Gasteiger partial charge in [0.15, 0.2) is 0 Å². The first-order chi connectivity index (χ1) is 14.6. The van der Waals surface area contributed by atoms with E-state index < -0.39 is 5.91 Å². The SMILES string of the molecule is Cc1onc(-c2c(Cl)cccc2Cl)c1C(=O)NN=Cc1cn[nH]c1-c1ccccc1. The zero-order valence-corrected chi connectivity index (χ0v) is 17.2. The van der Waals surface area contributed by atoms with Crippen molar-refractivity contribution in [3.63, 3.8) is 0 Å². The minimum atomic E-state index is -0.499. The van der Waals surface area contributed by atoms with Gasteiger partial charge < -0.3 is 4.52 Å². The Morgan fingerprint density at radius 3 is 2.60 bits per heavy atom. The molecule has 0 fully saturated rings. The summed E-state index contributed by atoms with van der Waals surface area (Å²) in [6.07, 6.45) is 3.13. The Hall–Kier alpha value is -3.42. The van der Waals surface area contributed by atoms with Gasteiger partial charge in [-0.25, -0.2) is 5.43 Å². The molecule has 0 aliphatic heterocycles. The number of hydrogen-bond acceptors (Lipinski definition) is 5. The summed E-state index contributed by atoms with van der Waals surface area (Å²) >= 11 is 12.5. The Bertz CT molecular complexity index is 1210. The van der Waals surface area contributed by atoms with Crippen molar-refractivity contribution in [2.75, 3.05) is 0 Å². The molecule has 0 atom stereocenters. The van der Waals surface area contributed by atoms with E-state index in [1.54, 1.807) is 31.3 Å². The smallest absolute Gasteiger partial charge is 0.277 e. The Labute approximate surface area is 181 Å². The number of rotatable bonds is 5. The number of aromatic nitrogens is 3. The molecule has 0 aliphatic rings. The van der Waals surface area contributed by atoms with Gasteiger partial charge in [0.05, 0.1) is 28.2 Å². The predicted molar refractivity (Wildman–Crippen MR) is 116 cm³/mol. The van der Waals surface area contributed by atoms with Gasteiger partial charge in [-0.3, -0.25) is 9.89 Å². The highest BCUT2D eigenvalue weighted by Crippen LogP contribution is 2.36. The second-order valence-corrected chi connectivity index (χ2v) is 7.14. The quantitative estimate of drug-likeness (QED) is 0.333. The molecule has 9 heteroatoms. The number of nitrogens with one attached hydrogen (secondary N) is 2. The number of hydrazone groups is 1. The fraction of sp³-hybridized carbons (Fsp3) is 0.0476. The summed E-state index contributed by atoms with van der Waals surface area (Å²) in [7, 11) is 0. The molecule has 7 nitrogen and oxygen atoms in total. The lowest BCUT2D eigenvalue weighted by Crippen LogP contribution is -2.19. The van der Waals surface area contributed by atoms with E-state index in [0.717, 1.165) is 16.8 Å². The van der Waals surface area contributed by atoms with E-state index in [1.165, 1.54) is 6.21 Å². The van der Waals surface area contributed by atoms with Crippen molar-refractivity contribution in [3.05, 3.63) is 81.7 Å². The van der Waals surface area contributed by atoms with Gasteiger partial charge in [0.25, 0.3) is 5.91 Å². The Morgan fingerprint density at radius 2 is 1.87 bits per heavy atom. The summed E-state index contributed by atoms with van der Waals surface area (Å²) in [5, 5.41) is 15.7. The number of carbonyl (C=O) groups excluding carboxylic acids is 1. The minimum absolute atomic E-state index is 0.206. The number of aromatic amines is 1. The number of halogens is 2. The normalized spacial score (nSPS) is 11.2. The van der Waals surface area contributed by atoms with Crippen molar-refractivity contribution in [2.45, 2.75) is 6.92 Å². The molecule has 150 valence electrons. The molecule has 0 unspecified atom stereocenters. The van der Waals surface area contributed by atoms with Gasteiger partial charge in [-0.05, 0) is 19.1 Å². The fourth-order valence-corrected chi connectivity index (χ4v) is 3.56. The van der Waals surface area contributed by atoms with Gasteiger partial charge >= 0.3 is 0 Å². The highest BCUT2D eigenvalue weighted by atomic mass is 35.5. The first kappa shape index (κ1) is 19.9. The molecule has 2 aromatic heterocycles. The Balaban J connectivity index is 1.59. The second-order valence-electron chi connectivity index (χ2n) is 6.32. The summed E-state index contributed by atoms with van der Waals surface area (Å²) in [5.41, 5.74) is 5.84. The van der Waals surface area contributed by atoms with Crippen LogP contribution in [0.25, 0.3) is 22.5 Å².